The molecule has 0 unspecified atom stereocenters. The Bertz CT molecular complexity index is 712. The number of benzene rings is 2. The summed E-state index contributed by atoms with van der Waals surface area (Å²) in [6, 6.07) is 15.1. The highest BCUT2D eigenvalue weighted by Gasteiger charge is 2.41. The predicted octanol–water partition coefficient (Wildman–Crippen LogP) is 4.04. The van der Waals surface area contributed by atoms with Crippen LogP contribution in [-0.4, -0.2) is 26.2 Å². The average molecular weight is 346 g/mol. The standard InChI is InChI=1S/C19H20ClNO3/c1-23-17-8-7-15(13-16(17)20)21-18(22)19(9-11-24-12-10-19)14-5-3-2-4-6-14/h2-8,13H,9-12H2,1H3,(H,21,22). The Kier molecular flexibility index (Phi) is 5.07. The van der Waals surface area contributed by atoms with Crippen molar-refractivity contribution >= 4 is 23.2 Å². The van der Waals surface area contributed by atoms with E-state index < -0.39 is 5.41 Å². The second-order valence-electron chi connectivity index (χ2n) is 5.86. The molecule has 1 aliphatic heterocycles. The maximum Gasteiger partial charge on any atom is 0.235 e. The van der Waals surface area contributed by atoms with E-state index in [4.69, 9.17) is 21.1 Å². The molecule has 3 rings (SSSR count). The summed E-state index contributed by atoms with van der Waals surface area (Å²) < 4.78 is 10.6. The van der Waals surface area contributed by atoms with Gasteiger partial charge in [0.15, 0.2) is 0 Å². The number of halogens is 1. The SMILES string of the molecule is COc1ccc(NC(=O)C2(c3ccccc3)CCOCC2)cc1Cl. The van der Waals surface area contributed by atoms with Crippen LogP contribution in [0, 0.1) is 0 Å². The Balaban J connectivity index is 1.88. The van der Waals surface area contributed by atoms with Crippen molar-refractivity contribution in [1.29, 1.82) is 0 Å². The van der Waals surface area contributed by atoms with Gasteiger partial charge in [0.05, 0.1) is 17.5 Å². The maximum absolute atomic E-state index is 13.1. The Labute approximate surface area is 146 Å². The van der Waals surface area contributed by atoms with E-state index in [9.17, 15) is 4.79 Å². The molecule has 0 bridgehead atoms. The normalized spacial score (nSPS) is 16.4. The third-order valence-electron chi connectivity index (χ3n) is 4.52. The fourth-order valence-corrected chi connectivity index (χ4v) is 3.38. The van der Waals surface area contributed by atoms with Gasteiger partial charge in [0, 0.05) is 18.9 Å². The van der Waals surface area contributed by atoms with Crippen LogP contribution in [0.15, 0.2) is 48.5 Å². The number of carbonyl (C=O) groups excluding carboxylic acids is 1. The maximum atomic E-state index is 13.1. The van der Waals surface area contributed by atoms with Crippen LogP contribution < -0.4 is 10.1 Å². The zero-order valence-electron chi connectivity index (χ0n) is 13.5. The minimum atomic E-state index is -0.577. The van der Waals surface area contributed by atoms with Crippen LogP contribution in [0.1, 0.15) is 18.4 Å². The van der Waals surface area contributed by atoms with Crippen LogP contribution >= 0.6 is 11.6 Å². The fourth-order valence-electron chi connectivity index (χ4n) is 3.12. The van der Waals surface area contributed by atoms with Crippen molar-refractivity contribution in [2.75, 3.05) is 25.6 Å². The van der Waals surface area contributed by atoms with E-state index >= 15 is 0 Å². The Morgan fingerprint density at radius 2 is 1.88 bits per heavy atom. The van der Waals surface area contributed by atoms with Crippen molar-refractivity contribution in [3.05, 3.63) is 59.1 Å². The smallest absolute Gasteiger partial charge is 0.235 e. The molecule has 1 amide bonds. The number of rotatable bonds is 4. The molecule has 5 heteroatoms. The number of ether oxygens (including phenoxy) is 2. The first-order chi connectivity index (χ1) is 11.7. The van der Waals surface area contributed by atoms with Crippen molar-refractivity contribution in [3.8, 4) is 5.75 Å². The first-order valence-corrected chi connectivity index (χ1v) is 8.32. The monoisotopic (exact) mass is 345 g/mol. The van der Waals surface area contributed by atoms with Gasteiger partial charge in [-0.05, 0) is 36.6 Å². The van der Waals surface area contributed by atoms with Gasteiger partial charge >= 0.3 is 0 Å². The van der Waals surface area contributed by atoms with Gasteiger partial charge in [-0.1, -0.05) is 41.9 Å². The van der Waals surface area contributed by atoms with E-state index in [1.807, 2.05) is 30.3 Å². The van der Waals surface area contributed by atoms with Crippen LogP contribution in [-0.2, 0) is 14.9 Å². The molecule has 126 valence electrons. The molecule has 0 aliphatic carbocycles. The molecule has 2 aromatic carbocycles. The molecule has 1 N–H and O–H groups in total. The quantitative estimate of drug-likeness (QED) is 0.909. The molecule has 0 aromatic heterocycles. The van der Waals surface area contributed by atoms with Gasteiger partial charge < -0.3 is 14.8 Å². The molecular weight excluding hydrogens is 326 g/mol. The summed E-state index contributed by atoms with van der Waals surface area (Å²) in [4.78, 5) is 13.1. The minimum Gasteiger partial charge on any atom is -0.495 e. The lowest BCUT2D eigenvalue weighted by molar-refractivity contribution is -0.125. The number of hydrogen-bond donors (Lipinski definition) is 1. The molecule has 2 aromatic rings. The van der Waals surface area contributed by atoms with Crippen molar-refractivity contribution in [2.45, 2.75) is 18.3 Å². The minimum absolute atomic E-state index is 0.0294. The largest absolute Gasteiger partial charge is 0.495 e. The number of nitrogens with one attached hydrogen (secondary N) is 1. The van der Waals surface area contributed by atoms with Crippen molar-refractivity contribution in [1.82, 2.24) is 0 Å². The topological polar surface area (TPSA) is 47.6 Å². The van der Waals surface area contributed by atoms with Crippen LogP contribution in [0.4, 0.5) is 5.69 Å². The molecule has 1 fully saturated rings. The summed E-state index contributed by atoms with van der Waals surface area (Å²) >= 11 is 6.15. The molecule has 4 nitrogen and oxygen atoms in total. The van der Waals surface area contributed by atoms with E-state index in [1.54, 1.807) is 25.3 Å². The van der Waals surface area contributed by atoms with E-state index in [0.29, 0.717) is 42.5 Å². The van der Waals surface area contributed by atoms with Gasteiger partial charge in [0.2, 0.25) is 5.91 Å². The third kappa shape index (κ3) is 3.25. The third-order valence-corrected chi connectivity index (χ3v) is 4.81. The molecule has 0 radical (unpaired) electrons. The number of methoxy groups -OCH3 is 1. The number of amides is 1. The van der Waals surface area contributed by atoms with Gasteiger partial charge in [0.25, 0.3) is 0 Å². The lowest BCUT2D eigenvalue weighted by Crippen LogP contribution is -2.44. The van der Waals surface area contributed by atoms with Gasteiger partial charge in [-0.3, -0.25) is 4.79 Å². The van der Waals surface area contributed by atoms with Crippen LogP contribution in [0.5, 0.6) is 5.75 Å². The van der Waals surface area contributed by atoms with Crippen LogP contribution in [0.25, 0.3) is 0 Å². The van der Waals surface area contributed by atoms with Crippen molar-refractivity contribution in [3.63, 3.8) is 0 Å². The molecule has 0 spiro atoms. The summed E-state index contributed by atoms with van der Waals surface area (Å²) in [6.07, 6.45) is 1.32. The first kappa shape index (κ1) is 16.8. The van der Waals surface area contributed by atoms with Gasteiger partial charge in [-0.2, -0.15) is 0 Å². The second kappa shape index (κ2) is 7.24. The van der Waals surface area contributed by atoms with Crippen molar-refractivity contribution in [2.24, 2.45) is 0 Å². The van der Waals surface area contributed by atoms with E-state index in [2.05, 4.69) is 5.32 Å². The molecule has 24 heavy (non-hydrogen) atoms. The van der Waals surface area contributed by atoms with Gasteiger partial charge in [-0.25, -0.2) is 0 Å². The van der Waals surface area contributed by atoms with Crippen molar-refractivity contribution < 1.29 is 14.3 Å². The van der Waals surface area contributed by atoms with Gasteiger partial charge in [-0.15, -0.1) is 0 Å². The van der Waals surface area contributed by atoms with E-state index in [-0.39, 0.29) is 5.91 Å². The Morgan fingerprint density at radius 1 is 1.17 bits per heavy atom. The molecule has 0 saturated carbocycles. The predicted molar refractivity (Wildman–Crippen MR) is 94.8 cm³/mol. The molecule has 0 atom stereocenters. The summed E-state index contributed by atoms with van der Waals surface area (Å²) in [5, 5.41) is 3.48. The lowest BCUT2D eigenvalue weighted by Gasteiger charge is -2.36. The summed E-state index contributed by atoms with van der Waals surface area (Å²) in [5.41, 5.74) is 1.10. The summed E-state index contributed by atoms with van der Waals surface area (Å²) in [7, 11) is 1.56. The Morgan fingerprint density at radius 3 is 2.50 bits per heavy atom. The molecule has 1 saturated heterocycles. The highest BCUT2D eigenvalue weighted by Crippen LogP contribution is 2.36. The fraction of sp³-hybridized carbons (Fsp3) is 0.316. The summed E-state index contributed by atoms with van der Waals surface area (Å²) in [5.74, 6) is 0.553. The van der Waals surface area contributed by atoms with Crippen LogP contribution in [0.2, 0.25) is 5.02 Å². The number of carbonyl (C=O) groups is 1. The average Bonchev–Trinajstić information content (AvgIpc) is 2.63. The first-order valence-electron chi connectivity index (χ1n) is 7.94. The highest BCUT2D eigenvalue weighted by atomic mass is 35.5. The Hall–Kier alpha value is -2.04. The van der Waals surface area contributed by atoms with E-state index in [0.717, 1.165) is 5.56 Å². The number of hydrogen-bond acceptors (Lipinski definition) is 3. The molecule has 1 heterocycles. The van der Waals surface area contributed by atoms with E-state index in [1.165, 1.54) is 0 Å². The second-order valence-corrected chi connectivity index (χ2v) is 6.27. The highest BCUT2D eigenvalue weighted by molar-refractivity contribution is 6.32. The zero-order chi connectivity index (χ0) is 17.0. The molecular formula is C19H20ClNO3. The zero-order valence-corrected chi connectivity index (χ0v) is 14.3. The summed E-state index contributed by atoms with van der Waals surface area (Å²) in [6.45, 7) is 1.15. The molecule has 1 aliphatic rings. The van der Waals surface area contributed by atoms with Crippen LogP contribution in [0.3, 0.4) is 0 Å². The lowest BCUT2D eigenvalue weighted by atomic mass is 9.73. The van der Waals surface area contributed by atoms with Gasteiger partial charge in [0.1, 0.15) is 5.75 Å². The number of anilines is 1.